The van der Waals surface area contributed by atoms with Crippen LogP contribution in [0.15, 0.2) is 158 Å². The molecule has 0 saturated heterocycles. The first-order valence-corrected chi connectivity index (χ1v) is 16.3. The molecule has 0 radical (unpaired) electrons. The zero-order chi connectivity index (χ0) is 33.4. The first-order chi connectivity index (χ1) is 24.7. The van der Waals surface area contributed by atoms with Crippen LogP contribution in [0.25, 0.3) is 84.4 Å². The maximum absolute atomic E-state index is 6.22. The van der Waals surface area contributed by atoms with Crippen molar-refractivity contribution in [2.75, 3.05) is 5.73 Å². The average molecular weight is 645 g/mol. The molecule has 0 bridgehead atoms. The maximum atomic E-state index is 6.22. The highest BCUT2D eigenvalue weighted by Gasteiger charge is 2.18. The van der Waals surface area contributed by atoms with Crippen molar-refractivity contribution < 1.29 is 0 Å². The number of para-hydroxylation sites is 1. The number of anilines is 1. The molecule has 0 aliphatic heterocycles. The summed E-state index contributed by atoms with van der Waals surface area (Å²) < 4.78 is 2.27. The van der Waals surface area contributed by atoms with Crippen LogP contribution in [0.4, 0.5) is 5.95 Å². The van der Waals surface area contributed by atoms with E-state index in [4.69, 9.17) is 25.7 Å². The lowest BCUT2D eigenvalue weighted by Gasteiger charge is -2.09. The summed E-state index contributed by atoms with van der Waals surface area (Å²) in [7, 11) is 0. The zero-order valence-corrected chi connectivity index (χ0v) is 26.7. The van der Waals surface area contributed by atoms with Crippen LogP contribution in [0.1, 0.15) is 0 Å². The minimum Gasteiger partial charge on any atom is -0.368 e. The Hall–Kier alpha value is -7.06. The summed E-state index contributed by atoms with van der Waals surface area (Å²) in [5.41, 5.74) is 13.8. The molecule has 6 aromatic carbocycles. The molecule has 50 heavy (non-hydrogen) atoms. The lowest BCUT2D eigenvalue weighted by molar-refractivity contribution is 1.07. The van der Waals surface area contributed by atoms with Crippen LogP contribution in [0, 0.1) is 0 Å². The van der Waals surface area contributed by atoms with Crippen LogP contribution in [0.5, 0.6) is 0 Å². The maximum Gasteiger partial charge on any atom is 0.224 e. The van der Waals surface area contributed by atoms with Gasteiger partial charge in [0.1, 0.15) is 0 Å². The van der Waals surface area contributed by atoms with Crippen molar-refractivity contribution in [2.24, 2.45) is 0 Å². The van der Waals surface area contributed by atoms with E-state index in [-0.39, 0.29) is 5.95 Å². The second-order valence-corrected chi connectivity index (χ2v) is 11.9. The normalized spacial score (nSPS) is 11.3. The molecule has 8 nitrogen and oxygen atoms in total. The fourth-order valence-corrected chi connectivity index (χ4v) is 6.33. The Kier molecular flexibility index (Phi) is 7.10. The number of hydrogen-bond donors (Lipinski definition) is 1. The van der Waals surface area contributed by atoms with Crippen molar-refractivity contribution in [3.63, 3.8) is 0 Å². The Morgan fingerprint density at radius 1 is 0.340 bits per heavy atom. The van der Waals surface area contributed by atoms with Gasteiger partial charge in [-0.05, 0) is 48.5 Å². The van der Waals surface area contributed by atoms with Gasteiger partial charge in [0.25, 0.3) is 0 Å². The zero-order valence-electron chi connectivity index (χ0n) is 26.7. The van der Waals surface area contributed by atoms with E-state index in [2.05, 4.69) is 69.1 Å². The Morgan fingerprint density at radius 2 is 0.680 bits per heavy atom. The molecule has 0 spiro atoms. The van der Waals surface area contributed by atoms with E-state index in [9.17, 15) is 0 Å². The van der Waals surface area contributed by atoms with Crippen molar-refractivity contribution in [3.05, 3.63) is 158 Å². The van der Waals surface area contributed by atoms with Crippen LogP contribution in [-0.4, -0.2) is 34.5 Å². The van der Waals surface area contributed by atoms with Gasteiger partial charge in [-0.15, -0.1) is 0 Å². The van der Waals surface area contributed by atoms with E-state index < -0.39 is 0 Å². The fourth-order valence-electron chi connectivity index (χ4n) is 6.33. The van der Waals surface area contributed by atoms with Crippen molar-refractivity contribution >= 4 is 27.8 Å². The Morgan fingerprint density at radius 3 is 1.10 bits per heavy atom. The quantitative estimate of drug-likeness (QED) is 0.192. The number of benzene rings is 6. The van der Waals surface area contributed by atoms with Gasteiger partial charge < -0.3 is 10.3 Å². The number of fused-ring (bicyclic) bond motifs is 3. The smallest absolute Gasteiger partial charge is 0.224 e. The molecule has 0 fully saturated rings. The lowest BCUT2D eigenvalue weighted by atomic mass is 10.1. The number of nitrogens with zero attached hydrogens (tertiary/aromatic N) is 7. The van der Waals surface area contributed by atoms with Crippen molar-refractivity contribution in [3.8, 4) is 62.6 Å². The molecule has 3 heterocycles. The standard InChI is InChI=1S/C42H28N8/c43-42-48-39(29-17-9-3-10-18-29)47-41(49-42)31-22-24-36-34(26-31)33-25-30(21-23-35(33)50(36)32-19-11-4-12-20-32)40-45-37(27-13-5-1-6-14-27)44-38(46-40)28-15-7-2-8-16-28/h1-26H,(H2,43,47,48,49). The number of rotatable bonds is 6. The molecule has 9 aromatic rings. The highest BCUT2D eigenvalue weighted by atomic mass is 15.1. The highest BCUT2D eigenvalue weighted by molar-refractivity contribution is 6.11. The van der Waals surface area contributed by atoms with E-state index in [0.29, 0.717) is 29.1 Å². The third-order valence-corrected chi connectivity index (χ3v) is 8.68. The van der Waals surface area contributed by atoms with Crippen LogP contribution < -0.4 is 5.73 Å². The summed E-state index contributed by atoms with van der Waals surface area (Å²) in [4.78, 5) is 28.7. The largest absolute Gasteiger partial charge is 0.368 e. The van der Waals surface area contributed by atoms with E-state index >= 15 is 0 Å². The SMILES string of the molecule is Nc1nc(-c2ccccc2)nc(-c2ccc3c(c2)c2cc(-c4nc(-c5ccccc5)nc(-c5ccccc5)n4)ccc2n3-c2ccccc2)n1. The molecule has 0 aliphatic rings. The minimum atomic E-state index is 0.168. The third kappa shape index (κ3) is 5.31. The highest BCUT2D eigenvalue weighted by Crippen LogP contribution is 2.37. The molecular weight excluding hydrogens is 617 g/mol. The lowest BCUT2D eigenvalue weighted by Crippen LogP contribution is -2.02. The van der Waals surface area contributed by atoms with Gasteiger partial charge >= 0.3 is 0 Å². The van der Waals surface area contributed by atoms with Crippen LogP contribution in [0.3, 0.4) is 0 Å². The molecule has 2 N–H and O–H groups in total. The first kappa shape index (κ1) is 29.1. The van der Waals surface area contributed by atoms with E-state index in [1.54, 1.807) is 0 Å². The predicted molar refractivity (Wildman–Crippen MR) is 199 cm³/mol. The summed E-state index contributed by atoms with van der Waals surface area (Å²) in [6, 6.07) is 52.8. The van der Waals surface area contributed by atoms with E-state index in [1.165, 1.54) is 0 Å². The first-order valence-electron chi connectivity index (χ1n) is 16.3. The molecule has 0 aliphatic carbocycles. The molecule has 3 aromatic heterocycles. The molecule has 9 rings (SSSR count). The van der Waals surface area contributed by atoms with Gasteiger partial charge in [-0.2, -0.15) is 9.97 Å². The Bertz CT molecular complexity index is 2580. The Balaban J connectivity index is 1.26. The van der Waals surface area contributed by atoms with Gasteiger partial charge in [-0.1, -0.05) is 109 Å². The van der Waals surface area contributed by atoms with Crippen LogP contribution >= 0.6 is 0 Å². The summed E-state index contributed by atoms with van der Waals surface area (Å²) in [6.07, 6.45) is 0. The van der Waals surface area contributed by atoms with Gasteiger partial charge in [0, 0.05) is 44.3 Å². The molecule has 0 amide bonds. The summed E-state index contributed by atoms with van der Waals surface area (Å²) in [6.45, 7) is 0. The van der Waals surface area contributed by atoms with Crippen molar-refractivity contribution in [2.45, 2.75) is 0 Å². The Labute approximate surface area is 287 Å². The number of hydrogen-bond acceptors (Lipinski definition) is 7. The minimum absolute atomic E-state index is 0.168. The predicted octanol–water partition coefficient (Wildman–Crippen LogP) is 9.07. The summed E-state index contributed by atoms with van der Waals surface area (Å²) in [5, 5.41) is 2.07. The molecule has 236 valence electrons. The van der Waals surface area contributed by atoms with Gasteiger partial charge in [-0.25, -0.2) is 19.9 Å². The number of nitrogens with two attached hydrogens (primary N) is 1. The van der Waals surface area contributed by atoms with Crippen molar-refractivity contribution in [1.82, 2.24) is 34.5 Å². The van der Waals surface area contributed by atoms with Gasteiger partial charge in [-0.3, -0.25) is 0 Å². The van der Waals surface area contributed by atoms with Gasteiger partial charge in [0.2, 0.25) is 5.95 Å². The molecular formula is C42H28N8. The van der Waals surface area contributed by atoms with Gasteiger partial charge in [0.15, 0.2) is 29.1 Å². The number of aromatic nitrogens is 7. The van der Waals surface area contributed by atoms with E-state index in [0.717, 1.165) is 55.3 Å². The van der Waals surface area contributed by atoms with E-state index in [1.807, 2.05) is 103 Å². The molecule has 0 atom stereocenters. The monoisotopic (exact) mass is 644 g/mol. The topological polar surface area (TPSA) is 108 Å². The second kappa shape index (κ2) is 12.2. The van der Waals surface area contributed by atoms with Gasteiger partial charge in [0.05, 0.1) is 11.0 Å². The fraction of sp³-hybridized carbons (Fsp3) is 0. The molecule has 0 unspecified atom stereocenters. The second-order valence-electron chi connectivity index (χ2n) is 11.9. The summed E-state index contributed by atoms with van der Waals surface area (Å²) in [5.74, 6) is 3.03. The van der Waals surface area contributed by atoms with Crippen LogP contribution in [0.2, 0.25) is 0 Å². The van der Waals surface area contributed by atoms with Crippen molar-refractivity contribution in [1.29, 1.82) is 0 Å². The number of nitrogen functional groups attached to an aromatic ring is 1. The third-order valence-electron chi connectivity index (χ3n) is 8.68. The average Bonchev–Trinajstić information content (AvgIpc) is 3.52. The molecule has 8 heteroatoms. The summed E-state index contributed by atoms with van der Waals surface area (Å²) >= 11 is 0. The van der Waals surface area contributed by atoms with Crippen LogP contribution in [-0.2, 0) is 0 Å². The molecule has 0 saturated carbocycles.